The Morgan fingerprint density at radius 2 is 1.97 bits per heavy atom. The second-order valence-corrected chi connectivity index (χ2v) is 8.58. The van der Waals surface area contributed by atoms with Crippen molar-refractivity contribution in [3.8, 4) is 17.0 Å². The van der Waals surface area contributed by atoms with Crippen molar-refractivity contribution in [2.24, 2.45) is 5.92 Å². The van der Waals surface area contributed by atoms with E-state index in [9.17, 15) is 14.7 Å². The molecule has 2 aliphatic rings. The smallest absolute Gasteiger partial charge is 0.341 e. The number of nitrogens with zero attached hydrogens (tertiary/aromatic N) is 1. The van der Waals surface area contributed by atoms with Gasteiger partial charge in [-0.05, 0) is 30.0 Å². The van der Waals surface area contributed by atoms with Gasteiger partial charge in [-0.15, -0.1) is 0 Å². The van der Waals surface area contributed by atoms with Crippen molar-refractivity contribution in [3.63, 3.8) is 0 Å². The molecule has 0 amide bonds. The molecule has 0 unspecified atom stereocenters. The summed E-state index contributed by atoms with van der Waals surface area (Å²) in [5.74, 6) is -0.319. The zero-order chi connectivity index (χ0) is 20.9. The van der Waals surface area contributed by atoms with Crippen LogP contribution in [0, 0.1) is 5.92 Å². The third-order valence-corrected chi connectivity index (χ3v) is 6.27. The molecule has 1 atom stereocenters. The molecule has 0 spiro atoms. The minimum Gasteiger partial charge on any atom is -0.489 e. The van der Waals surface area contributed by atoms with Gasteiger partial charge in [0.25, 0.3) is 0 Å². The quantitative estimate of drug-likeness (QED) is 0.789. The van der Waals surface area contributed by atoms with Crippen LogP contribution in [0.4, 0.5) is 0 Å². The first kappa shape index (κ1) is 20.0. The van der Waals surface area contributed by atoms with Gasteiger partial charge in [-0.2, -0.15) is 0 Å². The molecular formula is C22H24ClNO5. The molecular weight excluding hydrogens is 394 g/mol. The largest absolute Gasteiger partial charge is 0.489 e. The van der Waals surface area contributed by atoms with Gasteiger partial charge in [0.15, 0.2) is 5.43 Å². The molecule has 1 N–H and O–H groups in total. The number of fused-ring (bicyclic) bond motifs is 3. The lowest BCUT2D eigenvalue weighted by Gasteiger charge is -2.36. The lowest BCUT2D eigenvalue weighted by Crippen LogP contribution is -2.38. The van der Waals surface area contributed by atoms with E-state index in [4.69, 9.17) is 21.1 Å². The molecule has 4 rings (SSSR count). The molecule has 154 valence electrons. The van der Waals surface area contributed by atoms with Crippen LogP contribution in [-0.4, -0.2) is 35.0 Å². The van der Waals surface area contributed by atoms with E-state index in [1.54, 1.807) is 7.11 Å². The van der Waals surface area contributed by atoms with E-state index in [0.29, 0.717) is 22.9 Å². The van der Waals surface area contributed by atoms with E-state index >= 15 is 0 Å². The van der Waals surface area contributed by atoms with E-state index in [1.807, 2.05) is 16.7 Å². The number of carboxylic acid groups (broad SMARTS) is 1. The molecule has 0 radical (unpaired) electrons. The van der Waals surface area contributed by atoms with Gasteiger partial charge in [-0.3, -0.25) is 4.79 Å². The summed E-state index contributed by atoms with van der Waals surface area (Å²) in [5, 5.41) is 9.84. The first-order valence-corrected chi connectivity index (χ1v) is 10.2. The summed E-state index contributed by atoms with van der Waals surface area (Å²) in [6, 6.07) is 5.22. The molecule has 1 aliphatic carbocycles. The molecule has 1 aromatic heterocycles. The highest BCUT2D eigenvalue weighted by atomic mass is 35.5. The van der Waals surface area contributed by atoms with Gasteiger partial charge >= 0.3 is 5.97 Å². The zero-order valence-electron chi connectivity index (χ0n) is 16.6. The van der Waals surface area contributed by atoms with Gasteiger partial charge in [0.1, 0.15) is 17.4 Å². The molecule has 29 heavy (non-hydrogen) atoms. The van der Waals surface area contributed by atoms with Crippen LogP contribution < -0.4 is 10.2 Å². The molecule has 1 aliphatic heterocycles. The van der Waals surface area contributed by atoms with Crippen molar-refractivity contribution in [1.82, 2.24) is 4.57 Å². The number of hydrogen-bond donors (Lipinski definition) is 1. The predicted molar refractivity (Wildman–Crippen MR) is 110 cm³/mol. The Labute approximate surface area is 174 Å². The van der Waals surface area contributed by atoms with Crippen molar-refractivity contribution < 1.29 is 19.4 Å². The van der Waals surface area contributed by atoms with E-state index < -0.39 is 11.4 Å². The van der Waals surface area contributed by atoms with Crippen LogP contribution in [0.25, 0.3) is 11.3 Å². The first-order chi connectivity index (χ1) is 13.8. The summed E-state index contributed by atoms with van der Waals surface area (Å²) in [6.45, 7) is 4.18. The fourth-order valence-corrected chi connectivity index (χ4v) is 4.37. The minimum absolute atomic E-state index is 0.0341. The van der Waals surface area contributed by atoms with Crippen molar-refractivity contribution in [2.45, 2.75) is 51.4 Å². The monoisotopic (exact) mass is 417 g/mol. The lowest BCUT2D eigenvalue weighted by molar-refractivity contribution is -0.0380. The normalized spacial score (nSPS) is 22.6. The maximum Gasteiger partial charge on any atom is 0.341 e. The Morgan fingerprint density at radius 3 is 2.59 bits per heavy atom. The highest BCUT2D eigenvalue weighted by Crippen LogP contribution is 2.42. The molecule has 1 saturated carbocycles. The highest BCUT2D eigenvalue weighted by Gasteiger charge is 2.33. The Bertz CT molecular complexity index is 1020. The topological polar surface area (TPSA) is 77.8 Å². The van der Waals surface area contributed by atoms with Gasteiger partial charge in [-0.25, -0.2) is 4.79 Å². The Morgan fingerprint density at radius 1 is 1.24 bits per heavy atom. The van der Waals surface area contributed by atoms with Gasteiger partial charge < -0.3 is 19.1 Å². The molecule has 2 aromatic rings. The molecule has 1 aromatic carbocycles. The summed E-state index contributed by atoms with van der Waals surface area (Å²) in [7, 11) is 1.70. The fourth-order valence-electron chi connectivity index (χ4n) is 4.16. The number of methoxy groups -OCH3 is 1. The molecule has 7 heteroatoms. The van der Waals surface area contributed by atoms with E-state index in [2.05, 4.69) is 13.8 Å². The first-order valence-electron chi connectivity index (χ1n) is 9.80. The molecule has 2 heterocycles. The number of carboxylic acids is 1. The number of halogens is 1. The van der Waals surface area contributed by atoms with Crippen LogP contribution in [0.15, 0.2) is 29.2 Å². The van der Waals surface area contributed by atoms with Crippen molar-refractivity contribution in [1.29, 1.82) is 0 Å². The number of pyridine rings is 1. The number of aromatic nitrogens is 1. The van der Waals surface area contributed by atoms with Gasteiger partial charge in [0, 0.05) is 43.8 Å². The zero-order valence-corrected chi connectivity index (χ0v) is 17.4. The predicted octanol–water partition coefficient (Wildman–Crippen LogP) is 4.18. The van der Waals surface area contributed by atoms with Crippen molar-refractivity contribution >= 4 is 17.6 Å². The molecule has 0 saturated heterocycles. The summed E-state index contributed by atoms with van der Waals surface area (Å²) in [6.07, 6.45) is 4.19. The fraction of sp³-hybridized carbons (Fsp3) is 0.455. The summed E-state index contributed by atoms with van der Waals surface area (Å²) >= 11 is 6.51. The number of hydrogen-bond acceptors (Lipinski definition) is 4. The number of benzene rings is 1. The second kappa shape index (κ2) is 7.50. The van der Waals surface area contributed by atoms with Crippen LogP contribution in [-0.2, 0) is 11.2 Å². The SMILES string of the molecule is CO[C@H]1C[C@H](Oc2cc3c(cc2Cl)-c2cc(=O)c(C(=O)O)cn2[C@H](C(C)C)C3)C1. The van der Waals surface area contributed by atoms with E-state index in [-0.39, 0.29) is 29.7 Å². The molecule has 6 nitrogen and oxygen atoms in total. The summed E-state index contributed by atoms with van der Waals surface area (Å²) in [5.41, 5.74) is 1.86. The van der Waals surface area contributed by atoms with Crippen molar-refractivity contribution in [2.75, 3.05) is 7.11 Å². The van der Waals surface area contributed by atoms with Crippen LogP contribution in [0.3, 0.4) is 0 Å². The average Bonchev–Trinajstić information content (AvgIpc) is 2.63. The Hall–Kier alpha value is -2.31. The second-order valence-electron chi connectivity index (χ2n) is 8.17. The lowest BCUT2D eigenvalue weighted by atomic mass is 9.87. The average molecular weight is 418 g/mol. The molecule has 1 fully saturated rings. The van der Waals surface area contributed by atoms with Gasteiger partial charge in [0.05, 0.1) is 16.8 Å². The Balaban J connectivity index is 1.76. The van der Waals surface area contributed by atoms with Gasteiger partial charge in [0.2, 0.25) is 0 Å². The highest BCUT2D eigenvalue weighted by molar-refractivity contribution is 6.32. The van der Waals surface area contributed by atoms with Gasteiger partial charge in [-0.1, -0.05) is 25.4 Å². The maximum absolute atomic E-state index is 12.4. The standard InChI is InChI=1S/C22H24ClNO5/c1-11(2)18-4-12-5-21(29-14-6-13(7-14)28-3)17(23)8-15(12)19-9-20(25)16(22(26)27)10-24(18)19/h5,8-11,13-14,18H,4,6-7H2,1-3H3,(H,26,27)/t13-,14-,18-/m0/s1. The third kappa shape index (κ3) is 3.55. The van der Waals surface area contributed by atoms with Crippen LogP contribution in [0.1, 0.15) is 48.7 Å². The summed E-state index contributed by atoms with van der Waals surface area (Å²) in [4.78, 5) is 23.8. The number of aromatic carboxylic acids is 1. The number of carbonyl (C=O) groups is 1. The maximum atomic E-state index is 12.4. The van der Waals surface area contributed by atoms with E-state index in [0.717, 1.165) is 24.0 Å². The number of ether oxygens (including phenoxy) is 2. The van der Waals surface area contributed by atoms with Crippen LogP contribution in [0.5, 0.6) is 5.75 Å². The van der Waals surface area contributed by atoms with Crippen molar-refractivity contribution in [3.05, 3.63) is 50.8 Å². The summed E-state index contributed by atoms with van der Waals surface area (Å²) < 4.78 is 13.3. The minimum atomic E-state index is -1.21. The van der Waals surface area contributed by atoms with Crippen LogP contribution >= 0.6 is 11.6 Å². The Kier molecular flexibility index (Phi) is 5.17. The third-order valence-electron chi connectivity index (χ3n) is 5.98. The van der Waals surface area contributed by atoms with Crippen LogP contribution in [0.2, 0.25) is 5.02 Å². The molecule has 0 bridgehead atoms. The number of rotatable bonds is 5. The van der Waals surface area contributed by atoms with E-state index in [1.165, 1.54) is 12.3 Å².